The predicted octanol–water partition coefficient (Wildman–Crippen LogP) is 3.60. The number of hydrogen-bond acceptors (Lipinski definition) is 2. The van der Waals surface area contributed by atoms with Crippen LogP contribution in [-0.2, 0) is 17.6 Å². The van der Waals surface area contributed by atoms with Crippen molar-refractivity contribution in [2.24, 2.45) is 0 Å². The zero-order chi connectivity index (χ0) is 15.8. The van der Waals surface area contributed by atoms with Crippen molar-refractivity contribution in [1.29, 1.82) is 0 Å². The number of carboxylic acid groups (broad SMARTS) is 1. The van der Waals surface area contributed by atoms with Crippen LogP contribution < -0.4 is 5.32 Å². The first-order chi connectivity index (χ1) is 10.6. The molecule has 116 valence electrons. The van der Waals surface area contributed by atoms with Crippen LogP contribution in [-0.4, -0.2) is 17.6 Å². The van der Waals surface area contributed by atoms with Gasteiger partial charge in [-0.2, -0.15) is 0 Å². The summed E-state index contributed by atoms with van der Waals surface area (Å²) in [4.78, 5) is 10.7. The Morgan fingerprint density at radius 3 is 2.55 bits per heavy atom. The van der Waals surface area contributed by atoms with E-state index in [1.54, 1.807) is 0 Å². The molecule has 0 aliphatic carbocycles. The lowest BCUT2D eigenvalue weighted by molar-refractivity contribution is -0.136. The van der Waals surface area contributed by atoms with Crippen molar-refractivity contribution in [2.45, 2.75) is 32.2 Å². The summed E-state index contributed by atoms with van der Waals surface area (Å²) in [7, 11) is 0. The van der Waals surface area contributed by atoms with E-state index in [9.17, 15) is 4.79 Å². The van der Waals surface area contributed by atoms with Gasteiger partial charge in [0.05, 0.1) is 6.42 Å². The monoisotopic (exact) mass is 297 g/mol. The Bertz CT molecular complexity index is 595. The van der Waals surface area contributed by atoms with Crippen molar-refractivity contribution < 1.29 is 9.90 Å². The number of aliphatic carboxylic acids is 1. The van der Waals surface area contributed by atoms with E-state index in [2.05, 4.69) is 42.6 Å². The number of aryl methyl sites for hydroxylation is 1. The third-order valence-corrected chi connectivity index (χ3v) is 3.74. The fourth-order valence-corrected chi connectivity index (χ4v) is 2.54. The summed E-state index contributed by atoms with van der Waals surface area (Å²) in [5, 5.41) is 12.4. The minimum absolute atomic E-state index is 0.0944. The van der Waals surface area contributed by atoms with Crippen LogP contribution in [0.3, 0.4) is 0 Å². The molecule has 0 aromatic heterocycles. The highest BCUT2D eigenvalue weighted by Crippen LogP contribution is 2.12. The predicted molar refractivity (Wildman–Crippen MR) is 89.0 cm³/mol. The largest absolute Gasteiger partial charge is 0.481 e. The van der Waals surface area contributed by atoms with Gasteiger partial charge in [-0.15, -0.1) is 0 Å². The maximum atomic E-state index is 10.7. The fourth-order valence-electron chi connectivity index (χ4n) is 2.54. The zero-order valence-corrected chi connectivity index (χ0v) is 13.0. The lowest BCUT2D eigenvalue weighted by Gasteiger charge is -2.14. The highest BCUT2D eigenvalue weighted by atomic mass is 16.4. The Hall–Kier alpha value is -2.13. The van der Waals surface area contributed by atoms with Crippen LogP contribution in [0.25, 0.3) is 0 Å². The molecular formula is C19H23NO2. The molecule has 2 rings (SSSR count). The molecule has 0 amide bonds. The van der Waals surface area contributed by atoms with Crippen LogP contribution in [0.1, 0.15) is 36.1 Å². The van der Waals surface area contributed by atoms with Gasteiger partial charge in [0.25, 0.3) is 0 Å². The molecule has 0 saturated heterocycles. The van der Waals surface area contributed by atoms with Gasteiger partial charge >= 0.3 is 5.97 Å². The average molecular weight is 297 g/mol. The fraction of sp³-hybridized carbons (Fsp3) is 0.316. The SMILES string of the molecule is C[C@@H](NCCCc1cccc(CC(=O)O)c1)c1ccccc1. The Balaban J connectivity index is 1.76. The molecule has 0 aliphatic rings. The van der Waals surface area contributed by atoms with E-state index >= 15 is 0 Å². The van der Waals surface area contributed by atoms with Crippen LogP contribution in [0.15, 0.2) is 54.6 Å². The number of nitrogens with one attached hydrogen (secondary N) is 1. The van der Waals surface area contributed by atoms with E-state index in [1.165, 1.54) is 11.1 Å². The second kappa shape index (κ2) is 8.35. The van der Waals surface area contributed by atoms with Gasteiger partial charge in [0.1, 0.15) is 0 Å². The van der Waals surface area contributed by atoms with Crippen molar-refractivity contribution >= 4 is 5.97 Å². The second-order valence-electron chi connectivity index (χ2n) is 5.58. The smallest absolute Gasteiger partial charge is 0.307 e. The zero-order valence-electron chi connectivity index (χ0n) is 13.0. The molecule has 0 saturated carbocycles. The summed E-state index contributed by atoms with van der Waals surface area (Å²) < 4.78 is 0. The van der Waals surface area contributed by atoms with E-state index in [0.29, 0.717) is 6.04 Å². The van der Waals surface area contributed by atoms with Crippen LogP contribution in [0.4, 0.5) is 0 Å². The van der Waals surface area contributed by atoms with Crippen LogP contribution in [0.5, 0.6) is 0 Å². The first kappa shape index (κ1) is 16.2. The summed E-state index contributed by atoms with van der Waals surface area (Å²) >= 11 is 0. The Morgan fingerprint density at radius 2 is 1.82 bits per heavy atom. The summed E-state index contributed by atoms with van der Waals surface area (Å²) in [5.41, 5.74) is 3.37. The van der Waals surface area contributed by atoms with E-state index in [-0.39, 0.29) is 6.42 Å². The minimum atomic E-state index is -0.782. The molecule has 22 heavy (non-hydrogen) atoms. The van der Waals surface area contributed by atoms with Gasteiger partial charge < -0.3 is 10.4 Å². The van der Waals surface area contributed by atoms with Gasteiger partial charge in [0.2, 0.25) is 0 Å². The minimum Gasteiger partial charge on any atom is -0.481 e. The van der Waals surface area contributed by atoms with E-state index in [1.807, 2.05) is 24.3 Å². The standard InChI is InChI=1S/C19H23NO2/c1-15(18-10-3-2-4-11-18)20-12-6-9-16-7-5-8-17(13-16)14-19(21)22/h2-5,7-8,10-11,13,15,20H,6,9,12,14H2,1H3,(H,21,22)/t15-/m1/s1. The number of rotatable bonds is 8. The van der Waals surface area contributed by atoms with Crippen LogP contribution in [0, 0.1) is 0 Å². The third-order valence-electron chi connectivity index (χ3n) is 3.74. The molecule has 0 heterocycles. The van der Waals surface area contributed by atoms with Crippen molar-refractivity contribution in [2.75, 3.05) is 6.54 Å². The first-order valence-corrected chi connectivity index (χ1v) is 7.73. The molecule has 3 nitrogen and oxygen atoms in total. The summed E-state index contributed by atoms with van der Waals surface area (Å²) in [6.45, 7) is 3.11. The first-order valence-electron chi connectivity index (χ1n) is 7.73. The Kier molecular flexibility index (Phi) is 6.16. The van der Waals surface area contributed by atoms with Gasteiger partial charge in [-0.1, -0.05) is 54.6 Å². The van der Waals surface area contributed by atoms with E-state index in [0.717, 1.165) is 24.9 Å². The highest BCUT2D eigenvalue weighted by molar-refractivity contribution is 5.70. The molecule has 3 heteroatoms. The highest BCUT2D eigenvalue weighted by Gasteiger charge is 2.04. The van der Waals surface area contributed by atoms with Crippen molar-refractivity contribution in [3.05, 3.63) is 71.3 Å². The summed E-state index contributed by atoms with van der Waals surface area (Å²) in [6.07, 6.45) is 2.09. The van der Waals surface area contributed by atoms with E-state index < -0.39 is 5.97 Å². The van der Waals surface area contributed by atoms with Gasteiger partial charge in [-0.3, -0.25) is 4.79 Å². The molecular weight excluding hydrogens is 274 g/mol. The average Bonchev–Trinajstić information content (AvgIpc) is 2.52. The van der Waals surface area contributed by atoms with Gasteiger partial charge in [-0.05, 0) is 43.0 Å². The molecule has 0 spiro atoms. The molecule has 2 aromatic carbocycles. The lowest BCUT2D eigenvalue weighted by atomic mass is 10.0. The molecule has 0 unspecified atom stereocenters. The maximum absolute atomic E-state index is 10.7. The van der Waals surface area contributed by atoms with Gasteiger partial charge in [0, 0.05) is 6.04 Å². The van der Waals surface area contributed by atoms with Crippen LogP contribution >= 0.6 is 0 Å². The third kappa shape index (κ3) is 5.34. The van der Waals surface area contributed by atoms with Crippen molar-refractivity contribution in [3.8, 4) is 0 Å². The molecule has 2 N–H and O–H groups in total. The molecule has 0 radical (unpaired) electrons. The van der Waals surface area contributed by atoms with E-state index in [4.69, 9.17) is 5.11 Å². The normalized spacial score (nSPS) is 12.0. The molecule has 1 atom stereocenters. The van der Waals surface area contributed by atoms with Crippen molar-refractivity contribution in [3.63, 3.8) is 0 Å². The molecule has 0 fully saturated rings. The number of carboxylic acids is 1. The molecule has 0 aliphatic heterocycles. The van der Waals surface area contributed by atoms with Crippen LogP contribution in [0.2, 0.25) is 0 Å². The van der Waals surface area contributed by atoms with Gasteiger partial charge in [0.15, 0.2) is 0 Å². The quantitative estimate of drug-likeness (QED) is 0.732. The number of hydrogen-bond donors (Lipinski definition) is 2. The lowest BCUT2D eigenvalue weighted by Crippen LogP contribution is -2.20. The van der Waals surface area contributed by atoms with Gasteiger partial charge in [-0.25, -0.2) is 0 Å². The topological polar surface area (TPSA) is 49.3 Å². The maximum Gasteiger partial charge on any atom is 0.307 e. The second-order valence-corrected chi connectivity index (χ2v) is 5.58. The van der Waals surface area contributed by atoms with Crippen molar-refractivity contribution in [1.82, 2.24) is 5.32 Å². The Morgan fingerprint density at radius 1 is 1.09 bits per heavy atom. The summed E-state index contributed by atoms with van der Waals surface area (Å²) in [6, 6.07) is 18.6. The Labute approximate surface area is 132 Å². The summed E-state index contributed by atoms with van der Waals surface area (Å²) in [5.74, 6) is -0.782. The molecule has 0 bridgehead atoms. The number of carbonyl (C=O) groups is 1. The molecule has 2 aromatic rings. The number of benzene rings is 2.